The molecule has 1 rings (SSSR count). The van der Waals surface area contributed by atoms with E-state index in [1.807, 2.05) is 13.8 Å². The van der Waals surface area contributed by atoms with Gasteiger partial charge in [0.1, 0.15) is 0 Å². The van der Waals surface area contributed by atoms with Crippen LogP contribution >= 0.6 is 0 Å². The van der Waals surface area contributed by atoms with Crippen LogP contribution in [0.2, 0.25) is 0 Å². The third kappa shape index (κ3) is 10.6. The molecule has 0 spiro atoms. The van der Waals surface area contributed by atoms with Crippen LogP contribution in [0.1, 0.15) is 81.6 Å². The number of allylic oxidation sites excluding steroid dienone is 2. The highest BCUT2D eigenvalue weighted by Crippen LogP contribution is 2.37. The molecule has 0 N–H and O–H groups in total. The van der Waals surface area contributed by atoms with E-state index < -0.39 is 0 Å². The van der Waals surface area contributed by atoms with Crippen molar-refractivity contribution in [2.24, 2.45) is 17.3 Å². The SMILES string of the molecule is CC.CC(C)C.CC1=CC(C)C(C)(C)CCC1. The molecule has 104 valence electrons. The van der Waals surface area contributed by atoms with Gasteiger partial charge in [-0.25, -0.2) is 0 Å². The molecule has 0 heterocycles. The Morgan fingerprint density at radius 2 is 1.59 bits per heavy atom. The van der Waals surface area contributed by atoms with Crippen molar-refractivity contribution < 1.29 is 0 Å². The molecule has 0 aliphatic heterocycles. The third-order valence-corrected chi connectivity index (χ3v) is 3.16. The first-order valence-electron chi connectivity index (χ1n) is 7.43. The van der Waals surface area contributed by atoms with Crippen LogP contribution in [-0.4, -0.2) is 0 Å². The molecular formula is C17H36. The Labute approximate surface area is 111 Å². The van der Waals surface area contributed by atoms with Crippen LogP contribution in [0.4, 0.5) is 0 Å². The van der Waals surface area contributed by atoms with Crippen molar-refractivity contribution in [3.63, 3.8) is 0 Å². The van der Waals surface area contributed by atoms with Crippen LogP contribution in [0.3, 0.4) is 0 Å². The van der Waals surface area contributed by atoms with E-state index in [1.54, 1.807) is 5.57 Å². The summed E-state index contributed by atoms with van der Waals surface area (Å²) in [6, 6.07) is 0. The topological polar surface area (TPSA) is 0 Å². The van der Waals surface area contributed by atoms with Crippen molar-refractivity contribution in [2.75, 3.05) is 0 Å². The zero-order valence-corrected chi connectivity index (χ0v) is 13.9. The Morgan fingerprint density at radius 1 is 1.18 bits per heavy atom. The van der Waals surface area contributed by atoms with E-state index in [0.29, 0.717) is 5.41 Å². The Morgan fingerprint density at radius 3 is 2.00 bits per heavy atom. The van der Waals surface area contributed by atoms with Crippen molar-refractivity contribution >= 4 is 0 Å². The van der Waals surface area contributed by atoms with Gasteiger partial charge in [0.2, 0.25) is 0 Å². The summed E-state index contributed by atoms with van der Waals surface area (Å²) in [5, 5.41) is 0. The largest absolute Gasteiger partial charge is 0.0822 e. The smallest absolute Gasteiger partial charge is 0.0208 e. The second-order valence-electron chi connectivity index (χ2n) is 6.38. The molecule has 1 aliphatic rings. The van der Waals surface area contributed by atoms with Crippen molar-refractivity contribution in [2.45, 2.75) is 81.6 Å². The highest BCUT2D eigenvalue weighted by Gasteiger charge is 2.25. The summed E-state index contributed by atoms with van der Waals surface area (Å²) >= 11 is 0. The number of rotatable bonds is 0. The predicted octanol–water partition coefficient (Wildman–Crippen LogP) is 6.47. The van der Waals surface area contributed by atoms with E-state index in [1.165, 1.54) is 19.3 Å². The summed E-state index contributed by atoms with van der Waals surface area (Å²) in [6.07, 6.45) is 6.52. The fourth-order valence-corrected chi connectivity index (χ4v) is 1.79. The van der Waals surface area contributed by atoms with Crippen molar-refractivity contribution in [3.8, 4) is 0 Å². The van der Waals surface area contributed by atoms with Crippen LogP contribution in [0, 0.1) is 17.3 Å². The Balaban J connectivity index is 0. The first kappa shape index (κ1) is 19.1. The summed E-state index contributed by atoms with van der Waals surface area (Å²) in [6.45, 7) is 19.9. The van der Waals surface area contributed by atoms with Gasteiger partial charge >= 0.3 is 0 Å². The van der Waals surface area contributed by atoms with Gasteiger partial charge < -0.3 is 0 Å². The van der Waals surface area contributed by atoms with Gasteiger partial charge in [-0.15, -0.1) is 0 Å². The molecule has 1 atom stereocenters. The zero-order chi connectivity index (χ0) is 14.1. The first-order valence-corrected chi connectivity index (χ1v) is 7.43. The Hall–Kier alpha value is -0.260. The van der Waals surface area contributed by atoms with Gasteiger partial charge in [-0.05, 0) is 43.4 Å². The average Bonchev–Trinajstić information content (AvgIpc) is 2.29. The molecule has 0 bridgehead atoms. The monoisotopic (exact) mass is 240 g/mol. The second kappa shape index (κ2) is 9.74. The van der Waals surface area contributed by atoms with Gasteiger partial charge in [0.25, 0.3) is 0 Å². The maximum absolute atomic E-state index is 2.45. The van der Waals surface area contributed by atoms with Gasteiger partial charge in [0.05, 0.1) is 0 Å². The van der Waals surface area contributed by atoms with E-state index in [-0.39, 0.29) is 0 Å². The molecule has 1 unspecified atom stereocenters. The van der Waals surface area contributed by atoms with Crippen LogP contribution in [0.5, 0.6) is 0 Å². The molecule has 0 radical (unpaired) electrons. The van der Waals surface area contributed by atoms with Crippen molar-refractivity contribution in [3.05, 3.63) is 11.6 Å². The number of hydrogen-bond acceptors (Lipinski definition) is 0. The van der Waals surface area contributed by atoms with Gasteiger partial charge in [0.15, 0.2) is 0 Å². The van der Waals surface area contributed by atoms with Gasteiger partial charge in [-0.3, -0.25) is 0 Å². The normalized spacial score (nSPS) is 22.5. The van der Waals surface area contributed by atoms with Gasteiger partial charge in [-0.2, -0.15) is 0 Å². The summed E-state index contributed by atoms with van der Waals surface area (Å²) in [5.41, 5.74) is 2.11. The highest BCUT2D eigenvalue weighted by atomic mass is 14.3. The summed E-state index contributed by atoms with van der Waals surface area (Å²) < 4.78 is 0. The molecule has 0 aromatic rings. The van der Waals surface area contributed by atoms with E-state index in [9.17, 15) is 0 Å². The molecule has 17 heavy (non-hydrogen) atoms. The third-order valence-electron chi connectivity index (χ3n) is 3.16. The molecule has 0 saturated carbocycles. The molecular weight excluding hydrogens is 204 g/mol. The lowest BCUT2D eigenvalue weighted by molar-refractivity contribution is 0.255. The standard InChI is InChI=1S/C11H20.C4H10.C2H6/c1-9-6-5-7-11(3,4)10(2)8-9;1-4(2)3;1-2/h8,10H,5-7H2,1-4H3;4H,1-3H3;1-2H3. The summed E-state index contributed by atoms with van der Waals surface area (Å²) in [7, 11) is 0. The number of hydrogen-bond donors (Lipinski definition) is 0. The van der Waals surface area contributed by atoms with E-state index in [0.717, 1.165) is 11.8 Å². The molecule has 0 saturated heterocycles. The molecule has 0 heteroatoms. The lowest BCUT2D eigenvalue weighted by atomic mass is 9.77. The van der Waals surface area contributed by atoms with Crippen LogP contribution in [0.15, 0.2) is 11.6 Å². The molecule has 0 nitrogen and oxygen atoms in total. The van der Waals surface area contributed by atoms with E-state index >= 15 is 0 Å². The minimum Gasteiger partial charge on any atom is -0.0822 e. The maximum Gasteiger partial charge on any atom is -0.0208 e. The minimum absolute atomic E-state index is 0.526. The first-order chi connectivity index (χ1) is 7.75. The van der Waals surface area contributed by atoms with Crippen molar-refractivity contribution in [1.82, 2.24) is 0 Å². The molecule has 0 amide bonds. The molecule has 0 aromatic heterocycles. The fourth-order valence-electron chi connectivity index (χ4n) is 1.79. The van der Waals surface area contributed by atoms with Crippen LogP contribution in [0.25, 0.3) is 0 Å². The summed E-state index contributed by atoms with van der Waals surface area (Å²) in [4.78, 5) is 0. The highest BCUT2D eigenvalue weighted by molar-refractivity contribution is 5.05. The summed E-state index contributed by atoms with van der Waals surface area (Å²) in [5.74, 6) is 1.59. The van der Waals surface area contributed by atoms with Gasteiger partial charge in [0, 0.05) is 0 Å². The van der Waals surface area contributed by atoms with Gasteiger partial charge in [-0.1, -0.05) is 67.0 Å². The second-order valence-corrected chi connectivity index (χ2v) is 6.38. The predicted molar refractivity (Wildman–Crippen MR) is 82.4 cm³/mol. The minimum atomic E-state index is 0.526. The Bertz CT molecular complexity index is 193. The molecule has 0 aromatic carbocycles. The molecule has 0 fully saturated rings. The Kier molecular flexibility index (Phi) is 10.9. The van der Waals surface area contributed by atoms with Crippen molar-refractivity contribution in [1.29, 1.82) is 0 Å². The van der Waals surface area contributed by atoms with E-state index in [4.69, 9.17) is 0 Å². The zero-order valence-electron chi connectivity index (χ0n) is 13.9. The average molecular weight is 240 g/mol. The van der Waals surface area contributed by atoms with Crippen LogP contribution in [-0.2, 0) is 0 Å². The fraction of sp³-hybridized carbons (Fsp3) is 0.882. The van der Waals surface area contributed by atoms with E-state index in [2.05, 4.69) is 54.5 Å². The quantitative estimate of drug-likeness (QED) is 0.426. The molecule has 1 aliphatic carbocycles. The van der Waals surface area contributed by atoms with Crippen LogP contribution < -0.4 is 0 Å². The lowest BCUT2D eigenvalue weighted by Gasteiger charge is -2.28. The lowest BCUT2D eigenvalue weighted by Crippen LogP contribution is -2.18. The maximum atomic E-state index is 2.45.